The summed E-state index contributed by atoms with van der Waals surface area (Å²) in [6, 6.07) is 3.42. The molecule has 0 aliphatic heterocycles. The summed E-state index contributed by atoms with van der Waals surface area (Å²) >= 11 is 12.0. The molecule has 118 valence electrons. The fourth-order valence-electron chi connectivity index (χ4n) is 1.78. The van der Waals surface area contributed by atoms with Crippen molar-refractivity contribution in [2.24, 2.45) is 0 Å². The first-order valence-corrected chi connectivity index (χ1v) is 7.43. The van der Waals surface area contributed by atoms with E-state index >= 15 is 0 Å². The number of esters is 1. The van der Waals surface area contributed by atoms with E-state index < -0.39 is 5.60 Å². The highest BCUT2D eigenvalue weighted by molar-refractivity contribution is 6.35. The van der Waals surface area contributed by atoms with Gasteiger partial charge in [-0.2, -0.15) is 0 Å². The molecule has 0 atom stereocenters. The van der Waals surface area contributed by atoms with Gasteiger partial charge in [-0.25, -0.2) is 0 Å². The summed E-state index contributed by atoms with van der Waals surface area (Å²) in [6.45, 7) is 6.54. The first-order valence-electron chi connectivity index (χ1n) is 6.67. The van der Waals surface area contributed by atoms with Gasteiger partial charge in [0.15, 0.2) is 0 Å². The molecule has 0 aliphatic carbocycles. The molecule has 0 fully saturated rings. The molecule has 1 N–H and O–H groups in total. The predicted molar refractivity (Wildman–Crippen MR) is 85.2 cm³/mol. The molecule has 1 aromatic rings. The summed E-state index contributed by atoms with van der Waals surface area (Å²) in [5.41, 5.74) is 0.389. The molecule has 0 aliphatic rings. The van der Waals surface area contributed by atoms with Crippen LogP contribution in [0.15, 0.2) is 12.1 Å². The monoisotopic (exact) mass is 333 g/mol. The van der Waals surface area contributed by atoms with E-state index in [0.29, 0.717) is 35.3 Å². The highest BCUT2D eigenvalue weighted by Crippen LogP contribution is 2.32. The van der Waals surface area contributed by atoms with Crippen LogP contribution in [0.5, 0.6) is 5.75 Å². The molecule has 0 heterocycles. The van der Waals surface area contributed by atoms with E-state index in [1.54, 1.807) is 19.2 Å². The van der Waals surface area contributed by atoms with E-state index in [4.69, 9.17) is 32.7 Å². The van der Waals surface area contributed by atoms with Crippen molar-refractivity contribution >= 4 is 29.2 Å². The van der Waals surface area contributed by atoms with Gasteiger partial charge in [0.05, 0.1) is 18.6 Å². The van der Waals surface area contributed by atoms with Gasteiger partial charge in [0, 0.05) is 23.7 Å². The normalized spacial score (nSPS) is 11.3. The Balaban J connectivity index is 2.48. The van der Waals surface area contributed by atoms with Crippen molar-refractivity contribution in [1.29, 1.82) is 0 Å². The number of nitrogens with one attached hydrogen (secondary N) is 1. The standard InChI is InChI=1S/C15H21Cl2NO3/c1-15(2,3)21-13(19)5-6-18-9-10-7-11(16)8-12(17)14(10)20-4/h7-8,18H,5-6,9H2,1-4H3. The van der Waals surface area contributed by atoms with Crippen molar-refractivity contribution in [2.45, 2.75) is 39.3 Å². The summed E-state index contributed by atoms with van der Waals surface area (Å²) in [6.07, 6.45) is 0.299. The van der Waals surface area contributed by atoms with Gasteiger partial charge >= 0.3 is 5.97 Å². The number of benzene rings is 1. The van der Waals surface area contributed by atoms with E-state index in [2.05, 4.69) is 5.32 Å². The average molecular weight is 334 g/mol. The van der Waals surface area contributed by atoms with Gasteiger partial charge in [0.2, 0.25) is 0 Å². The number of carbonyl (C=O) groups is 1. The van der Waals surface area contributed by atoms with Gasteiger partial charge in [-0.15, -0.1) is 0 Å². The summed E-state index contributed by atoms with van der Waals surface area (Å²) < 4.78 is 10.5. The van der Waals surface area contributed by atoms with Crippen LogP contribution in [0.1, 0.15) is 32.8 Å². The fraction of sp³-hybridized carbons (Fsp3) is 0.533. The van der Waals surface area contributed by atoms with Crippen LogP contribution in [0.4, 0.5) is 0 Å². The molecular formula is C15H21Cl2NO3. The smallest absolute Gasteiger partial charge is 0.307 e. The van der Waals surface area contributed by atoms with E-state index in [0.717, 1.165) is 5.56 Å². The maximum absolute atomic E-state index is 11.6. The van der Waals surface area contributed by atoms with Gasteiger partial charge in [0.25, 0.3) is 0 Å². The highest BCUT2D eigenvalue weighted by atomic mass is 35.5. The van der Waals surface area contributed by atoms with Crippen molar-refractivity contribution in [3.05, 3.63) is 27.7 Å². The third kappa shape index (κ3) is 6.55. The minimum absolute atomic E-state index is 0.230. The summed E-state index contributed by atoms with van der Waals surface area (Å²) in [5.74, 6) is 0.358. The first kappa shape index (κ1) is 18.1. The van der Waals surface area contributed by atoms with Gasteiger partial charge < -0.3 is 14.8 Å². The van der Waals surface area contributed by atoms with Gasteiger partial charge in [-0.1, -0.05) is 23.2 Å². The fourth-order valence-corrected chi connectivity index (χ4v) is 2.39. The lowest BCUT2D eigenvalue weighted by atomic mass is 10.2. The van der Waals surface area contributed by atoms with Crippen molar-refractivity contribution in [3.8, 4) is 5.75 Å². The molecule has 0 amide bonds. The number of rotatable bonds is 6. The number of halogens is 2. The minimum atomic E-state index is -0.458. The Hall–Kier alpha value is -0.970. The molecule has 0 saturated heterocycles. The molecule has 4 nitrogen and oxygen atoms in total. The second kappa shape index (κ2) is 7.87. The maximum atomic E-state index is 11.6. The Bertz CT molecular complexity index is 498. The number of hydrogen-bond acceptors (Lipinski definition) is 4. The van der Waals surface area contributed by atoms with E-state index in [1.807, 2.05) is 20.8 Å². The van der Waals surface area contributed by atoms with Crippen molar-refractivity contribution in [1.82, 2.24) is 5.32 Å². The second-order valence-electron chi connectivity index (χ2n) is 5.59. The van der Waals surface area contributed by atoms with Crippen molar-refractivity contribution in [3.63, 3.8) is 0 Å². The number of ether oxygens (including phenoxy) is 2. The zero-order chi connectivity index (χ0) is 16.0. The molecule has 1 rings (SSSR count). The summed E-state index contributed by atoms with van der Waals surface area (Å²) in [4.78, 5) is 11.6. The van der Waals surface area contributed by atoms with Gasteiger partial charge in [-0.3, -0.25) is 4.79 Å². The Labute approximate surface area is 135 Å². The van der Waals surface area contributed by atoms with Crippen LogP contribution in [0.2, 0.25) is 10.0 Å². The third-order valence-corrected chi connectivity index (χ3v) is 3.03. The Morgan fingerprint density at radius 2 is 1.95 bits per heavy atom. The summed E-state index contributed by atoms with van der Waals surface area (Å²) in [5, 5.41) is 4.16. The molecular weight excluding hydrogens is 313 g/mol. The molecule has 0 aromatic heterocycles. The molecule has 6 heteroatoms. The van der Waals surface area contributed by atoms with Crippen LogP contribution >= 0.6 is 23.2 Å². The molecule has 21 heavy (non-hydrogen) atoms. The molecule has 0 radical (unpaired) electrons. The topological polar surface area (TPSA) is 47.6 Å². The first-order chi connectivity index (χ1) is 9.73. The number of methoxy groups -OCH3 is 1. The lowest BCUT2D eigenvalue weighted by molar-refractivity contribution is -0.154. The number of hydrogen-bond donors (Lipinski definition) is 1. The second-order valence-corrected chi connectivity index (χ2v) is 6.44. The van der Waals surface area contributed by atoms with E-state index in [1.165, 1.54) is 0 Å². The van der Waals surface area contributed by atoms with Gasteiger partial charge in [0.1, 0.15) is 11.4 Å². The van der Waals surface area contributed by atoms with Crippen LogP contribution in [0.3, 0.4) is 0 Å². The predicted octanol–water partition coefficient (Wildman–Crippen LogP) is 3.82. The molecule has 1 aromatic carbocycles. The Morgan fingerprint density at radius 1 is 1.29 bits per heavy atom. The van der Waals surface area contributed by atoms with Crippen LogP contribution in [-0.4, -0.2) is 25.2 Å². The molecule has 0 unspecified atom stereocenters. The maximum Gasteiger partial charge on any atom is 0.307 e. The van der Waals surface area contributed by atoms with Crippen LogP contribution in [0, 0.1) is 0 Å². The van der Waals surface area contributed by atoms with Crippen molar-refractivity contribution in [2.75, 3.05) is 13.7 Å². The SMILES string of the molecule is COc1c(Cl)cc(Cl)cc1CNCCC(=O)OC(C)(C)C. The Morgan fingerprint density at radius 3 is 2.52 bits per heavy atom. The largest absolute Gasteiger partial charge is 0.495 e. The molecule has 0 saturated carbocycles. The quantitative estimate of drug-likeness (QED) is 0.635. The lowest BCUT2D eigenvalue weighted by Crippen LogP contribution is -2.26. The van der Waals surface area contributed by atoms with Gasteiger partial charge in [-0.05, 0) is 32.9 Å². The number of carbonyl (C=O) groups excluding carboxylic acids is 1. The van der Waals surface area contributed by atoms with Crippen LogP contribution in [-0.2, 0) is 16.1 Å². The zero-order valence-electron chi connectivity index (χ0n) is 12.8. The van der Waals surface area contributed by atoms with Crippen LogP contribution in [0.25, 0.3) is 0 Å². The Kier molecular flexibility index (Phi) is 6.78. The molecule has 0 spiro atoms. The molecule has 0 bridgehead atoms. The third-order valence-electron chi connectivity index (χ3n) is 2.53. The van der Waals surface area contributed by atoms with Crippen LogP contribution < -0.4 is 10.1 Å². The van der Waals surface area contributed by atoms with E-state index in [-0.39, 0.29) is 5.97 Å². The van der Waals surface area contributed by atoms with E-state index in [9.17, 15) is 4.79 Å². The van der Waals surface area contributed by atoms with Crippen molar-refractivity contribution < 1.29 is 14.3 Å². The average Bonchev–Trinajstić information content (AvgIpc) is 2.32. The lowest BCUT2D eigenvalue weighted by Gasteiger charge is -2.19. The highest BCUT2D eigenvalue weighted by Gasteiger charge is 2.15. The zero-order valence-corrected chi connectivity index (χ0v) is 14.3. The summed E-state index contributed by atoms with van der Waals surface area (Å²) in [7, 11) is 1.55. The minimum Gasteiger partial charge on any atom is -0.495 e.